The van der Waals surface area contributed by atoms with Crippen molar-refractivity contribution >= 4 is 27.8 Å². The summed E-state index contributed by atoms with van der Waals surface area (Å²) in [6.45, 7) is 0.162. The van der Waals surface area contributed by atoms with E-state index >= 15 is 0 Å². The zero-order valence-electron chi connectivity index (χ0n) is 17.0. The van der Waals surface area contributed by atoms with Crippen molar-refractivity contribution in [2.75, 3.05) is 12.3 Å². The number of rotatable bonds is 6. The summed E-state index contributed by atoms with van der Waals surface area (Å²) in [6, 6.07) is 10.8. The van der Waals surface area contributed by atoms with Crippen molar-refractivity contribution in [2.24, 2.45) is 5.92 Å². The van der Waals surface area contributed by atoms with Crippen LogP contribution in [0.25, 0.3) is 21.9 Å². The molecule has 4 aromatic rings. The number of aliphatic hydroxyl groups is 1. The Morgan fingerprint density at radius 3 is 2.87 bits per heavy atom. The highest BCUT2D eigenvalue weighted by molar-refractivity contribution is 5.82. The van der Waals surface area contributed by atoms with Gasteiger partial charge in [-0.1, -0.05) is 0 Å². The maximum atomic E-state index is 9.52. The van der Waals surface area contributed by atoms with E-state index in [1.165, 1.54) is 30.4 Å². The van der Waals surface area contributed by atoms with Crippen LogP contribution in [0, 0.1) is 5.92 Å². The first-order chi connectivity index (χ1) is 14.7. The third-order valence-electron chi connectivity index (χ3n) is 6.52. The number of pyridine rings is 1. The molecule has 30 heavy (non-hydrogen) atoms. The largest absolute Gasteiger partial charge is 0.396 e. The van der Waals surface area contributed by atoms with Gasteiger partial charge in [-0.15, -0.1) is 0 Å². The van der Waals surface area contributed by atoms with Crippen molar-refractivity contribution in [3.63, 3.8) is 0 Å². The lowest BCUT2D eigenvalue weighted by Crippen LogP contribution is -2.06. The Bertz CT molecular complexity index is 1180. The lowest BCUT2D eigenvalue weighted by atomic mass is 9.93. The number of nitrogens with zero attached hydrogens (tertiary/aromatic N) is 4. The minimum Gasteiger partial charge on any atom is -0.396 e. The summed E-state index contributed by atoms with van der Waals surface area (Å²) in [6.07, 6.45) is 12.1. The van der Waals surface area contributed by atoms with Crippen LogP contribution in [0.15, 0.2) is 49.1 Å². The molecule has 6 heteroatoms. The number of anilines is 1. The molecule has 1 aliphatic carbocycles. The van der Waals surface area contributed by atoms with Gasteiger partial charge in [0.2, 0.25) is 0 Å². The van der Waals surface area contributed by atoms with Gasteiger partial charge in [0.05, 0.1) is 5.52 Å². The molecule has 0 spiro atoms. The van der Waals surface area contributed by atoms with Gasteiger partial charge in [-0.3, -0.25) is 0 Å². The van der Waals surface area contributed by atoms with E-state index in [2.05, 4.69) is 43.9 Å². The van der Waals surface area contributed by atoms with Gasteiger partial charge in [0.25, 0.3) is 0 Å². The summed E-state index contributed by atoms with van der Waals surface area (Å²) in [4.78, 5) is 13.1. The lowest BCUT2D eigenvalue weighted by molar-refractivity contribution is 0.299. The van der Waals surface area contributed by atoms with Gasteiger partial charge in [0.15, 0.2) is 0 Å². The number of hydrogen-bond acceptors (Lipinski definition) is 5. The van der Waals surface area contributed by atoms with E-state index in [1.54, 1.807) is 6.33 Å². The van der Waals surface area contributed by atoms with E-state index in [-0.39, 0.29) is 6.61 Å². The Labute approximate surface area is 175 Å². The number of fused-ring (bicyclic) bond motifs is 2. The summed E-state index contributed by atoms with van der Waals surface area (Å²) in [5, 5.41) is 11.7. The van der Waals surface area contributed by atoms with Gasteiger partial charge in [0, 0.05) is 35.8 Å². The van der Waals surface area contributed by atoms with Crippen molar-refractivity contribution in [2.45, 2.75) is 44.6 Å². The van der Waals surface area contributed by atoms with Crippen LogP contribution in [0.4, 0.5) is 5.82 Å². The molecule has 1 fully saturated rings. The number of nitrogens with two attached hydrogens (primary N) is 1. The average molecular weight is 402 g/mol. The van der Waals surface area contributed by atoms with Crippen LogP contribution in [0.5, 0.6) is 0 Å². The highest BCUT2D eigenvalue weighted by atomic mass is 16.2. The number of nitrogen functional groups attached to an aromatic ring is 1. The molecule has 0 saturated heterocycles. The van der Waals surface area contributed by atoms with Gasteiger partial charge >= 0.3 is 0 Å². The molecule has 2 unspecified atom stereocenters. The fraction of sp³-hybridized carbons (Fsp3) is 0.375. The predicted molar refractivity (Wildman–Crippen MR) is 119 cm³/mol. The van der Waals surface area contributed by atoms with Gasteiger partial charge in [-0.25, -0.2) is 15.0 Å². The fourth-order valence-corrected chi connectivity index (χ4v) is 4.98. The first-order valence-corrected chi connectivity index (χ1v) is 10.8. The van der Waals surface area contributed by atoms with Gasteiger partial charge in [-0.05, 0) is 85.9 Å². The number of aromatic nitrogens is 4. The monoisotopic (exact) mass is 401 g/mol. The summed E-state index contributed by atoms with van der Waals surface area (Å²) in [7, 11) is 0. The summed E-state index contributed by atoms with van der Waals surface area (Å²) >= 11 is 0. The highest BCUT2D eigenvalue weighted by Crippen LogP contribution is 2.38. The SMILES string of the molecule is Nc1ccc2cc(CCO)c(CCC3CCC(n4ccc5cncnc54)C3)cc2n1. The molecule has 0 bridgehead atoms. The van der Waals surface area contributed by atoms with Crippen LogP contribution in [0.1, 0.15) is 42.9 Å². The first-order valence-electron chi connectivity index (χ1n) is 10.8. The second kappa shape index (κ2) is 8.03. The molecule has 154 valence electrons. The number of aryl methyl sites for hydroxylation is 1. The standard InChI is InChI=1S/C24H27N5O/c25-23-6-4-19-12-18(8-10-30)17(13-22(19)28-23)3-1-16-2-5-21(11-16)29-9-7-20-14-26-15-27-24(20)29/h4,6-7,9,12-16,21,30H,1-3,5,8,10-11H2,(H2,25,28). The highest BCUT2D eigenvalue weighted by Gasteiger charge is 2.26. The van der Waals surface area contributed by atoms with Crippen molar-refractivity contribution in [3.8, 4) is 0 Å². The van der Waals surface area contributed by atoms with Crippen LogP contribution < -0.4 is 5.73 Å². The molecule has 3 aromatic heterocycles. The second-order valence-corrected chi connectivity index (χ2v) is 8.42. The number of benzene rings is 1. The van der Waals surface area contributed by atoms with Crippen LogP contribution in [-0.4, -0.2) is 31.2 Å². The van der Waals surface area contributed by atoms with Crippen molar-refractivity contribution in [3.05, 3.63) is 60.2 Å². The molecule has 1 saturated carbocycles. The van der Waals surface area contributed by atoms with E-state index < -0.39 is 0 Å². The Balaban J connectivity index is 1.31. The fourth-order valence-electron chi connectivity index (χ4n) is 4.98. The quantitative estimate of drug-likeness (QED) is 0.508. The molecule has 5 rings (SSSR count). The van der Waals surface area contributed by atoms with Gasteiger partial charge in [-0.2, -0.15) is 0 Å². The summed E-state index contributed by atoms with van der Waals surface area (Å²) < 4.78 is 2.33. The zero-order chi connectivity index (χ0) is 20.5. The smallest absolute Gasteiger partial charge is 0.143 e. The van der Waals surface area contributed by atoms with Crippen molar-refractivity contribution in [1.82, 2.24) is 19.5 Å². The van der Waals surface area contributed by atoms with Crippen LogP contribution in [0.3, 0.4) is 0 Å². The maximum absolute atomic E-state index is 9.52. The molecular formula is C24H27N5O. The first kappa shape index (κ1) is 19.0. The molecule has 0 aliphatic heterocycles. The molecule has 3 N–H and O–H groups in total. The van der Waals surface area contributed by atoms with E-state index in [4.69, 9.17) is 5.73 Å². The van der Waals surface area contributed by atoms with Crippen LogP contribution in [-0.2, 0) is 12.8 Å². The van der Waals surface area contributed by atoms with E-state index in [0.717, 1.165) is 34.8 Å². The van der Waals surface area contributed by atoms with Crippen molar-refractivity contribution in [1.29, 1.82) is 0 Å². The number of aliphatic hydroxyl groups excluding tert-OH is 1. The molecule has 1 aliphatic rings. The normalized spacial score (nSPS) is 19.1. The van der Waals surface area contributed by atoms with Crippen LogP contribution >= 0.6 is 0 Å². The molecule has 0 radical (unpaired) electrons. The summed E-state index contributed by atoms with van der Waals surface area (Å²) in [5.41, 5.74) is 10.4. The average Bonchev–Trinajstić information content (AvgIpc) is 3.39. The molecule has 1 aromatic carbocycles. The minimum absolute atomic E-state index is 0.162. The third-order valence-corrected chi connectivity index (χ3v) is 6.52. The molecule has 2 atom stereocenters. The zero-order valence-corrected chi connectivity index (χ0v) is 17.0. The molecule has 6 nitrogen and oxygen atoms in total. The second-order valence-electron chi connectivity index (χ2n) is 8.42. The molecular weight excluding hydrogens is 374 g/mol. The van der Waals surface area contributed by atoms with Gasteiger partial charge < -0.3 is 15.4 Å². The number of hydrogen-bond donors (Lipinski definition) is 2. The third kappa shape index (κ3) is 3.63. The van der Waals surface area contributed by atoms with Gasteiger partial charge in [0.1, 0.15) is 17.8 Å². The van der Waals surface area contributed by atoms with E-state index in [0.29, 0.717) is 24.2 Å². The van der Waals surface area contributed by atoms with Crippen molar-refractivity contribution < 1.29 is 5.11 Å². The van der Waals surface area contributed by atoms with E-state index in [9.17, 15) is 5.11 Å². The topological polar surface area (TPSA) is 89.8 Å². The molecule has 0 amide bonds. The van der Waals surface area contributed by atoms with Crippen LogP contribution in [0.2, 0.25) is 0 Å². The lowest BCUT2D eigenvalue weighted by Gasteiger charge is -2.16. The van der Waals surface area contributed by atoms with E-state index in [1.807, 2.05) is 18.3 Å². The Morgan fingerprint density at radius 1 is 1.07 bits per heavy atom. The Morgan fingerprint density at radius 2 is 1.97 bits per heavy atom. The minimum atomic E-state index is 0.162. The Hall–Kier alpha value is -2.99. The maximum Gasteiger partial charge on any atom is 0.143 e. The predicted octanol–water partition coefficient (Wildman–Crippen LogP) is 4.07. The molecule has 3 heterocycles. The Kier molecular flexibility index (Phi) is 5.09. The summed E-state index contributed by atoms with van der Waals surface area (Å²) in [5.74, 6) is 1.24.